The van der Waals surface area contributed by atoms with Crippen molar-refractivity contribution in [2.75, 3.05) is 20.3 Å². The molecule has 1 aliphatic carbocycles. The Labute approximate surface area is 165 Å². The molecule has 0 radical (unpaired) electrons. The molecule has 150 valence electrons. The average Bonchev–Trinajstić information content (AvgIpc) is 2.70. The summed E-state index contributed by atoms with van der Waals surface area (Å²) in [6.07, 6.45) is 8.06. The van der Waals surface area contributed by atoms with Crippen LogP contribution in [0.5, 0.6) is 0 Å². The maximum atomic E-state index is 13.0. The van der Waals surface area contributed by atoms with E-state index in [1.165, 1.54) is 7.11 Å². The first kappa shape index (κ1) is 21.4. The third-order valence-electron chi connectivity index (χ3n) is 4.59. The first-order valence-corrected chi connectivity index (χ1v) is 9.23. The molecule has 0 aromatic heterocycles. The SMILES string of the molecule is C=CCCCN(C(=O)OCc1ccccc1)C1(COC)C=C(C(=O)O)C=CC1. The lowest BCUT2D eigenvalue weighted by atomic mass is 9.86. The van der Waals surface area contributed by atoms with Crippen LogP contribution in [0, 0.1) is 0 Å². The Morgan fingerprint density at radius 3 is 2.71 bits per heavy atom. The van der Waals surface area contributed by atoms with Crippen molar-refractivity contribution in [2.24, 2.45) is 0 Å². The van der Waals surface area contributed by atoms with Gasteiger partial charge in [-0.25, -0.2) is 9.59 Å². The normalized spacial score (nSPS) is 18.2. The number of carboxylic acid groups (broad SMARTS) is 1. The number of rotatable bonds is 10. The molecule has 0 bridgehead atoms. The fraction of sp³-hybridized carbons (Fsp3) is 0.364. The first-order chi connectivity index (χ1) is 13.5. The standard InChI is InChI=1S/C22H27NO5/c1-3-4-8-14-23(21(26)28-16-18-10-6-5-7-11-18)22(17-27-2)13-9-12-19(15-22)20(24)25/h3,5-7,9-12,15H,1,4,8,13-14,16-17H2,2H3,(H,24,25). The highest BCUT2D eigenvalue weighted by Gasteiger charge is 2.40. The van der Waals surface area contributed by atoms with E-state index >= 15 is 0 Å². The van der Waals surface area contributed by atoms with Gasteiger partial charge in [0.05, 0.1) is 17.7 Å². The molecule has 0 aliphatic heterocycles. The zero-order valence-corrected chi connectivity index (χ0v) is 16.2. The number of aliphatic carboxylic acids is 1. The number of hydrogen-bond acceptors (Lipinski definition) is 4. The summed E-state index contributed by atoms with van der Waals surface area (Å²) in [6, 6.07) is 9.42. The maximum absolute atomic E-state index is 13.0. The number of amides is 1. The number of carbonyl (C=O) groups excluding carboxylic acids is 1. The summed E-state index contributed by atoms with van der Waals surface area (Å²) < 4.78 is 10.9. The molecule has 0 fully saturated rings. The van der Waals surface area contributed by atoms with Crippen LogP contribution < -0.4 is 0 Å². The van der Waals surface area contributed by atoms with E-state index < -0.39 is 17.6 Å². The Hall–Kier alpha value is -2.86. The van der Waals surface area contributed by atoms with Gasteiger partial charge in [-0.1, -0.05) is 48.6 Å². The molecule has 6 nitrogen and oxygen atoms in total. The van der Waals surface area contributed by atoms with Crippen molar-refractivity contribution >= 4 is 12.1 Å². The van der Waals surface area contributed by atoms with E-state index in [0.29, 0.717) is 19.4 Å². The molecule has 6 heteroatoms. The van der Waals surface area contributed by atoms with Gasteiger partial charge in [0.1, 0.15) is 6.61 Å². The van der Waals surface area contributed by atoms with Crippen LogP contribution in [0.3, 0.4) is 0 Å². The monoisotopic (exact) mass is 385 g/mol. The van der Waals surface area contributed by atoms with Crippen LogP contribution in [-0.2, 0) is 20.9 Å². The van der Waals surface area contributed by atoms with Crippen LogP contribution in [-0.4, -0.2) is 47.9 Å². The molecule has 1 aromatic rings. The molecular formula is C22H27NO5. The number of unbranched alkanes of at least 4 members (excludes halogenated alkanes) is 1. The van der Waals surface area contributed by atoms with Gasteiger partial charge < -0.3 is 14.6 Å². The third-order valence-corrected chi connectivity index (χ3v) is 4.59. The van der Waals surface area contributed by atoms with Gasteiger partial charge in [0.25, 0.3) is 0 Å². The van der Waals surface area contributed by atoms with Gasteiger partial charge in [0.2, 0.25) is 0 Å². The highest BCUT2D eigenvalue weighted by Crippen LogP contribution is 2.30. The first-order valence-electron chi connectivity index (χ1n) is 9.23. The van der Waals surface area contributed by atoms with E-state index in [1.54, 1.807) is 29.2 Å². The molecule has 1 unspecified atom stereocenters. The number of methoxy groups -OCH3 is 1. The second-order valence-corrected chi connectivity index (χ2v) is 6.67. The largest absolute Gasteiger partial charge is 0.478 e. The second kappa shape index (κ2) is 10.5. The van der Waals surface area contributed by atoms with Gasteiger partial charge in [0.15, 0.2) is 0 Å². The van der Waals surface area contributed by atoms with Crippen LogP contribution in [0.1, 0.15) is 24.8 Å². The molecule has 1 aromatic carbocycles. The zero-order valence-electron chi connectivity index (χ0n) is 16.2. The highest BCUT2D eigenvalue weighted by molar-refractivity contribution is 5.90. The fourth-order valence-corrected chi connectivity index (χ4v) is 3.22. The predicted molar refractivity (Wildman–Crippen MR) is 107 cm³/mol. The van der Waals surface area contributed by atoms with Crippen molar-refractivity contribution in [1.29, 1.82) is 0 Å². The Kier molecular flexibility index (Phi) is 8.02. The predicted octanol–water partition coefficient (Wildman–Crippen LogP) is 3.95. The molecule has 1 atom stereocenters. The van der Waals surface area contributed by atoms with Crippen molar-refractivity contribution < 1.29 is 24.2 Å². The minimum atomic E-state index is -1.04. The maximum Gasteiger partial charge on any atom is 0.410 e. The average molecular weight is 385 g/mol. The van der Waals surface area contributed by atoms with Gasteiger partial charge in [-0.3, -0.25) is 4.90 Å². The molecule has 0 heterocycles. The van der Waals surface area contributed by atoms with Crippen LogP contribution in [0.2, 0.25) is 0 Å². The lowest BCUT2D eigenvalue weighted by molar-refractivity contribution is -0.132. The number of carboxylic acids is 1. The van der Waals surface area contributed by atoms with Gasteiger partial charge in [0, 0.05) is 13.7 Å². The topological polar surface area (TPSA) is 76.1 Å². The second-order valence-electron chi connectivity index (χ2n) is 6.67. The van der Waals surface area contributed by atoms with Crippen LogP contribution in [0.15, 0.2) is 66.8 Å². The Morgan fingerprint density at radius 2 is 2.07 bits per heavy atom. The smallest absolute Gasteiger partial charge is 0.410 e. The van der Waals surface area contributed by atoms with Gasteiger partial charge >= 0.3 is 12.1 Å². The fourth-order valence-electron chi connectivity index (χ4n) is 3.22. The van der Waals surface area contributed by atoms with Crippen molar-refractivity contribution in [3.8, 4) is 0 Å². The summed E-state index contributed by atoms with van der Waals surface area (Å²) in [7, 11) is 1.53. The molecule has 0 saturated carbocycles. The summed E-state index contributed by atoms with van der Waals surface area (Å²) >= 11 is 0. The summed E-state index contributed by atoms with van der Waals surface area (Å²) in [4.78, 5) is 26.1. The van der Waals surface area contributed by atoms with Gasteiger partial charge in [-0.05, 0) is 30.9 Å². The van der Waals surface area contributed by atoms with Gasteiger partial charge in [-0.2, -0.15) is 0 Å². The van der Waals surface area contributed by atoms with E-state index in [1.807, 2.05) is 30.3 Å². The van der Waals surface area contributed by atoms with Crippen LogP contribution in [0.4, 0.5) is 4.79 Å². The van der Waals surface area contributed by atoms with E-state index in [-0.39, 0.29) is 18.8 Å². The lowest BCUT2D eigenvalue weighted by Crippen LogP contribution is -2.54. The van der Waals surface area contributed by atoms with Gasteiger partial charge in [-0.15, -0.1) is 6.58 Å². The van der Waals surface area contributed by atoms with Crippen molar-refractivity contribution in [2.45, 2.75) is 31.4 Å². The Morgan fingerprint density at radius 1 is 1.32 bits per heavy atom. The number of benzene rings is 1. The van der Waals surface area contributed by atoms with Crippen molar-refractivity contribution in [3.05, 3.63) is 72.4 Å². The van der Waals surface area contributed by atoms with Crippen molar-refractivity contribution in [1.82, 2.24) is 4.90 Å². The minimum Gasteiger partial charge on any atom is -0.478 e. The quantitative estimate of drug-likeness (QED) is 0.488. The molecule has 1 amide bonds. The third kappa shape index (κ3) is 5.57. The molecular weight excluding hydrogens is 358 g/mol. The van der Waals surface area contributed by atoms with Crippen molar-refractivity contribution in [3.63, 3.8) is 0 Å². The Balaban J connectivity index is 2.27. The summed E-state index contributed by atoms with van der Waals surface area (Å²) in [5, 5.41) is 9.42. The summed E-state index contributed by atoms with van der Waals surface area (Å²) in [5.74, 6) is -1.04. The van der Waals surface area contributed by atoms with E-state index in [9.17, 15) is 14.7 Å². The number of ether oxygens (including phenoxy) is 2. The minimum absolute atomic E-state index is 0.132. The van der Waals surface area contributed by atoms with E-state index in [2.05, 4.69) is 6.58 Å². The molecule has 0 spiro atoms. The number of hydrogen-bond donors (Lipinski definition) is 1. The van der Waals surface area contributed by atoms with Crippen LogP contribution in [0.25, 0.3) is 0 Å². The molecule has 1 aliphatic rings. The highest BCUT2D eigenvalue weighted by atomic mass is 16.6. The number of nitrogens with zero attached hydrogens (tertiary/aromatic N) is 1. The van der Waals surface area contributed by atoms with E-state index in [0.717, 1.165) is 12.0 Å². The molecule has 2 rings (SSSR count). The number of carbonyl (C=O) groups is 2. The van der Waals surface area contributed by atoms with E-state index in [4.69, 9.17) is 9.47 Å². The molecule has 1 N–H and O–H groups in total. The zero-order chi connectivity index (χ0) is 20.4. The Bertz CT molecular complexity index is 741. The molecule has 0 saturated heterocycles. The molecule has 28 heavy (non-hydrogen) atoms. The number of allylic oxidation sites excluding steroid dienone is 1. The summed E-state index contributed by atoms with van der Waals surface area (Å²) in [5.41, 5.74) is 0.104. The summed E-state index contributed by atoms with van der Waals surface area (Å²) in [6.45, 7) is 4.44. The van der Waals surface area contributed by atoms with Crippen LogP contribution >= 0.6 is 0 Å². The lowest BCUT2D eigenvalue weighted by Gasteiger charge is -2.41.